The summed E-state index contributed by atoms with van der Waals surface area (Å²) in [5, 5.41) is 2.82. The van der Waals surface area contributed by atoms with E-state index in [-0.39, 0.29) is 5.41 Å². The first-order valence-corrected chi connectivity index (χ1v) is 7.35. The third-order valence-electron chi connectivity index (χ3n) is 3.37. The van der Waals surface area contributed by atoms with Crippen LogP contribution in [0.2, 0.25) is 0 Å². The van der Waals surface area contributed by atoms with Gasteiger partial charge in [-0.3, -0.25) is 14.4 Å². The lowest BCUT2D eigenvalue weighted by molar-refractivity contribution is -0.148. The third-order valence-corrected chi connectivity index (χ3v) is 3.37. The molecule has 1 fully saturated rings. The molecule has 3 amide bonds. The Labute approximate surface area is 126 Å². The van der Waals surface area contributed by atoms with Crippen molar-refractivity contribution in [3.8, 4) is 0 Å². The molecule has 1 aliphatic rings. The SMILES string of the molecule is CC(C)(C)CC(C)(C)NC(=O)C(=O)N1CCN(C=O)CC1. The van der Waals surface area contributed by atoms with E-state index in [0.29, 0.717) is 26.2 Å². The highest BCUT2D eigenvalue weighted by Gasteiger charge is 2.32. The van der Waals surface area contributed by atoms with E-state index in [0.717, 1.165) is 12.8 Å². The minimum atomic E-state index is -0.566. The summed E-state index contributed by atoms with van der Waals surface area (Å²) in [6, 6.07) is 0. The molecular formula is C15H27N3O3. The molecule has 120 valence electrons. The van der Waals surface area contributed by atoms with E-state index >= 15 is 0 Å². The third kappa shape index (κ3) is 5.73. The normalized spacial score (nSPS) is 16.6. The standard InChI is InChI=1S/C15H27N3O3/c1-14(2,3)10-15(4,5)16-12(20)13(21)18-8-6-17(11-19)7-9-18/h11H,6-10H2,1-5H3,(H,16,20). The molecule has 0 aromatic rings. The second-order valence-corrected chi connectivity index (χ2v) is 7.51. The number of nitrogens with zero attached hydrogens (tertiary/aromatic N) is 2. The maximum Gasteiger partial charge on any atom is 0.312 e. The summed E-state index contributed by atoms with van der Waals surface area (Å²) in [7, 11) is 0. The number of piperazine rings is 1. The fourth-order valence-electron chi connectivity index (χ4n) is 2.90. The molecule has 0 radical (unpaired) electrons. The van der Waals surface area contributed by atoms with Gasteiger partial charge in [-0.2, -0.15) is 0 Å². The number of rotatable bonds is 3. The highest BCUT2D eigenvalue weighted by atomic mass is 16.2. The van der Waals surface area contributed by atoms with E-state index in [1.165, 1.54) is 4.90 Å². The van der Waals surface area contributed by atoms with Crippen LogP contribution in [0.4, 0.5) is 0 Å². The molecule has 0 aliphatic carbocycles. The molecule has 6 nitrogen and oxygen atoms in total. The largest absolute Gasteiger partial charge is 0.343 e. The second kappa shape index (κ2) is 6.45. The number of carbonyl (C=O) groups excluding carboxylic acids is 3. The molecule has 0 unspecified atom stereocenters. The molecule has 0 saturated carbocycles. The van der Waals surface area contributed by atoms with Crippen LogP contribution in [0, 0.1) is 5.41 Å². The Hall–Kier alpha value is -1.59. The lowest BCUT2D eigenvalue weighted by atomic mass is 9.82. The van der Waals surface area contributed by atoms with Gasteiger partial charge in [0, 0.05) is 31.7 Å². The molecule has 0 aromatic heterocycles. The van der Waals surface area contributed by atoms with Crippen molar-refractivity contribution >= 4 is 18.2 Å². The quantitative estimate of drug-likeness (QED) is 0.613. The van der Waals surface area contributed by atoms with E-state index in [1.807, 2.05) is 13.8 Å². The summed E-state index contributed by atoms with van der Waals surface area (Å²) in [5.74, 6) is -1.08. The predicted molar refractivity (Wildman–Crippen MR) is 80.5 cm³/mol. The van der Waals surface area contributed by atoms with Crippen LogP contribution in [0.3, 0.4) is 0 Å². The van der Waals surface area contributed by atoms with Crippen LogP contribution in [-0.4, -0.2) is 59.7 Å². The van der Waals surface area contributed by atoms with Crippen molar-refractivity contribution in [2.45, 2.75) is 46.6 Å². The summed E-state index contributed by atoms with van der Waals surface area (Å²) in [4.78, 5) is 38.0. The number of carbonyl (C=O) groups is 3. The monoisotopic (exact) mass is 297 g/mol. The maximum absolute atomic E-state index is 12.1. The van der Waals surface area contributed by atoms with Gasteiger partial charge < -0.3 is 15.1 Å². The Morgan fingerprint density at radius 3 is 2.00 bits per heavy atom. The minimum absolute atomic E-state index is 0.0649. The van der Waals surface area contributed by atoms with Crippen LogP contribution in [0.1, 0.15) is 41.0 Å². The summed E-state index contributed by atoms with van der Waals surface area (Å²) < 4.78 is 0. The molecule has 6 heteroatoms. The Bertz CT molecular complexity index is 405. The number of hydrogen-bond donors (Lipinski definition) is 1. The van der Waals surface area contributed by atoms with Gasteiger partial charge in [0.05, 0.1) is 0 Å². The van der Waals surface area contributed by atoms with Crippen LogP contribution < -0.4 is 5.32 Å². The predicted octanol–water partition coefficient (Wildman–Crippen LogP) is 0.618. The van der Waals surface area contributed by atoms with Crippen molar-refractivity contribution in [1.29, 1.82) is 0 Å². The molecule has 1 heterocycles. The van der Waals surface area contributed by atoms with Crippen molar-refractivity contribution < 1.29 is 14.4 Å². The van der Waals surface area contributed by atoms with Gasteiger partial charge in [0.1, 0.15) is 0 Å². The van der Waals surface area contributed by atoms with Gasteiger partial charge in [-0.15, -0.1) is 0 Å². The van der Waals surface area contributed by atoms with Crippen LogP contribution in [0.5, 0.6) is 0 Å². The Morgan fingerprint density at radius 1 is 1.05 bits per heavy atom. The highest BCUT2D eigenvalue weighted by Crippen LogP contribution is 2.26. The summed E-state index contributed by atoms with van der Waals surface area (Å²) >= 11 is 0. The van der Waals surface area contributed by atoms with Crippen molar-refractivity contribution in [3.63, 3.8) is 0 Å². The average molecular weight is 297 g/mol. The van der Waals surface area contributed by atoms with Crippen molar-refractivity contribution in [3.05, 3.63) is 0 Å². The van der Waals surface area contributed by atoms with E-state index in [4.69, 9.17) is 0 Å². The zero-order valence-electron chi connectivity index (χ0n) is 13.7. The van der Waals surface area contributed by atoms with Gasteiger partial charge in [0.25, 0.3) is 0 Å². The van der Waals surface area contributed by atoms with Crippen molar-refractivity contribution in [2.75, 3.05) is 26.2 Å². The summed E-state index contributed by atoms with van der Waals surface area (Å²) in [5.41, 5.74) is -0.370. The first kappa shape index (κ1) is 17.5. The van der Waals surface area contributed by atoms with Crippen molar-refractivity contribution in [1.82, 2.24) is 15.1 Å². The zero-order chi connectivity index (χ0) is 16.3. The fourth-order valence-corrected chi connectivity index (χ4v) is 2.90. The Balaban J connectivity index is 2.55. The van der Waals surface area contributed by atoms with Crippen LogP contribution in [-0.2, 0) is 14.4 Å². The first-order chi connectivity index (χ1) is 9.54. The number of nitrogens with one attached hydrogen (secondary N) is 1. The minimum Gasteiger partial charge on any atom is -0.343 e. The maximum atomic E-state index is 12.1. The zero-order valence-corrected chi connectivity index (χ0v) is 13.7. The highest BCUT2D eigenvalue weighted by molar-refractivity contribution is 6.35. The Kier molecular flexibility index (Phi) is 5.36. The van der Waals surface area contributed by atoms with Gasteiger partial charge in [-0.1, -0.05) is 20.8 Å². The van der Waals surface area contributed by atoms with Crippen LogP contribution in [0.15, 0.2) is 0 Å². The van der Waals surface area contributed by atoms with Crippen LogP contribution in [0.25, 0.3) is 0 Å². The van der Waals surface area contributed by atoms with Crippen molar-refractivity contribution in [2.24, 2.45) is 5.41 Å². The molecule has 0 atom stereocenters. The molecule has 1 rings (SSSR count). The van der Waals surface area contributed by atoms with Gasteiger partial charge in [-0.05, 0) is 25.7 Å². The molecule has 0 spiro atoms. The number of amides is 3. The first-order valence-electron chi connectivity index (χ1n) is 7.35. The summed E-state index contributed by atoms with van der Waals surface area (Å²) in [6.45, 7) is 11.9. The second-order valence-electron chi connectivity index (χ2n) is 7.51. The van der Waals surface area contributed by atoms with Gasteiger partial charge >= 0.3 is 11.8 Å². The average Bonchev–Trinajstić information content (AvgIpc) is 2.34. The summed E-state index contributed by atoms with van der Waals surface area (Å²) in [6.07, 6.45) is 1.55. The molecule has 0 aromatic carbocycles. The lowest BCUT2D eigenvalue weighted by Gasteiger charge is -2.35. The van der Waals surface area contributed by atoms with Gasteiger partial charge in [0.15, 0.2) is 0 Å². The molecular weight excluding hydrogens is 270 g/mol. The molecule has 1 aliphatic heterocycles. The number of hydrogen-bond acceptors (Lipinski definition) is 3. The van der Waals surface area contributed by atoms with Gasteiger partial charge in [0.2, 0.25) is 6.41 Å². The van der Waals surface area contributed by atoms with E-state index in [1.54, 1.807) is 4.90 Å². The molecule has 0 bridgehead atoms. The van der Waals surface area contributed by atoms with E-state index in [9.17, 15) is 14.4 Å². The lowest BCUT2D eigenvalue weighted by Crippen LogP contribution is -2.55. The molecule has 1 saturated heterocycles. The fraction of sp³-hybridized carbons (Fsp3) is 0.800. The van der Waals surface area contributed by atoms with Gasteiger partial charge in [-0.25, -0.2) is 0 Å². The molecule has 21 heavy (non-hydrogen) atoms. The van der Waals surface area contributed by atoms with E-state index < -0.39 is 17.4 Å². The smallest absolute Gasteiger partial charge is 0.312 e. The topological polar surface area (TPSA) is 69.7 Å². The van der Waals surface area contributed by atoms with Crippen LogP contribution >= 0.6 is 0 Å². The molecule has 1 N–H and O–H groups in total. The van der Waals surface area contributed by atoms with E-state index in [2.05, 4.69) is 26.1 Å². The Morgan fingerprint density at radius 2 is 1.57 bits per heavy atom.